The van der Waals surface area contributed by atoms with Crippen LogP contribution in [0.4, 0.5) is 8.78 Å². The molecule has 33 heavy (non-hydrogen) atoms. The van der Waals surface area contributed by atoms with Crippen LogP contribution in [0.3, 0.4) is 0 Å². The van der Waals surface area contributed by atoms with Crippen molar-refractivity contribution in [3.63, 3.8) is 0 Å². The van der Waals surface area contributed by atoms with Crippen LogP contribution >= 0.6 is 0 Å². The minimum absolute atomic E-state index is 0.356. The van der Waals surface area contributed by atoms with Gasteiger partial charge in [0.25, 0.3) is 0 Å². The Hall–Kier alpha value is -0.920. The van der Waals surface area contributed by atoms with E-state index in [0.717, 1.165) is 54.1 Å². The smallest absolute Gasteiger partial charge is 0.126 e. The maximum Gasteiger partial charge on any atom is 0.126 e. The second kappa shape index (κ2) is 12.7. The molecule has 0 aromatic heterocycles. The largest absolute Gasteiger partial charge is 0.207 e. The summed E-state index contributed by atoms with van der Waals surface area (Å²) in [7, 11) is 0. The highest BCUT2D eigenvalue weighted by molar-refractivity contribution is 5.22. The van der Waals surface area contributed by atoms with E-state index < -0.39 is 11.6 Å². The minimum Gasteiger partial charge on any atom is -0.207 e. The fraction of sp³-hybridized carbons (Fsp3) is 0.806. The maximum atomic E-state index is 13.7. The summed E-state index contributed by atoms with van der Waals surface area (Å²) in [4.78, 5) is 0. The van der Waals surface area contributed by atoms with E-state index in [2.05, 4.69) is 6.92 Å². The highest BCUT2D eigenvalue weighted by atomic mass is 19.1. The summed E-state index contributed by atoms with van der Waals surface area (Å²) in [5.74, 6) is 4.12. The average molecular weight is 459 g/mol. The summed E-state index contributed by atoms with van der Waals surface area (Å²) in [5.41, 5.74) is 0.893. The third-order valence-electron chi connectivity index (χ3n) is 9.74. The van der Waals surface area contributed by atoms with Crippen LogP contribution in [-0.4, -0.2) is 0 Å². The molecule has 0 heterocycles. The number of halogens is 2. The van der Waals surface area contributed by atoms with Gasteiger partial charge in [-0.2, -0.15) is 0 Å². The summed E-state index contributed by atoms with van der Waals surface area (Å²) in [5, 5.41) is 0. The van der Waals surface area contributed by atoms with Gasteiger partial charge in [0.15, 0.2) is 0 Å². The maximum absolute atomic E-state index is 13.7. The van der Waals surface area contributed by atoms with Crippen molar-refractivity contribution in [2.75, 3.05) is 0 Å². The second-order valence-electron chi connectivity index (χ2n) is 12.1. The van der Waals surface area contributed by atoms with Gasteiger partial charge < -0.3 is 0 Å². The van der Waals surface area contributed by atoms with E-state index in [-0.39, 0.29) is 0 Å². The predicted molar refractivity (Wildman–Crippen MR) is 135 cm³/mol. The zero-order chi connectivity index (χ0) is 23.0. The van der Waals surface area contributed by atoms with Gasteiger partial charge in [-0.15, -0.1) is 0 Å². The van der Waals surface area contributed by atoms with E-state index in [4.69, 9.17) is 0 Å². The van der Waals surface area contributed by atoms with Crippen LogP contribution in [-0.2, 0) is 0 Å². The van der Waals surface area contributed by atoms with Gasteiger partial charge >= 0.3 is 0 Å². The molecule has 3 aliphatic rings. The average Bonchev–Trinajstić information content (AvgIpc) is 2.82. The zero-order valence-electron chi connectivity index (χ0n) is 21.2. The molecule has 1 aromatic carbocycles. The van der Waals surface area contributed by atoms with Gasteiger partial charge in [-0.3, -0.25) is 0 Å². The number of unbranched alkanes of at least 4 members (excludes halogenated alkanes) is 4. The molecule has 3 fully saturated rings. The third-order valence-corrected chi connectivity index (χ3v) is 9.74. The Labute approximate surface area is 202 Å². The van der Waals surface area contributed by atoms with Crippen LogP contribution in [0.15, 0.2) is 18.2 Å². The summed E-state index contributed by atoms with van der Waals surface area (Å²) in [6.07, 6.45) is 25.2. The number of benzene rings is 1. The van der Waals surface area contributed by atoms with Crippen molar-refractivity contribution < 1.29 is 8.78 Å². The first-order valence-electron chi connectivity index (χ1n) is 14.6. The van der Waals surface area contributed by atoms with Crippen molar-refractivity contribution in [3.8, 4) is 0 Å². The van der Waals surface area contributed by atoms with Gasteiger partial charge in [0.1, 0.15) is 11.6 Å². The normalized spacial score (nSPS) is 32.5. The number of fused-ring (bicyclic) bond motifs is 1. The monoisotopic (exact) mass is 458 g/mol. The molecule has 0 radical (unpaired) electrons. The third kappa shape index (κ3) is 7.53. The van der Waals surface area contributed by atoms with Crippen molar-refractivity contribution in [2.24, 2.45) is 29.6 Å². The van der Waals surface area contributed by atoms with Gasteiger partial charge in [-0.1, -0.05) is 90.4 Å². The van der Waals surface area contributed by atoms with Crippen molar-refractivity contribution in [1.29, 1.82) is 0 Å². The van der Waals surface area contributed by atoms with Crippen molar-refractivity contribution in [2.45, 2.75) is 128 Å². The highest BCUT2D eigenvalue weighted by Gasteiger charge is 2.36. The van der Waals surface area contributed by atoms with Crippen molar-refractivity contribution in [1.82, 2.24) is 0 Å². The molecule has 0 bridgehead atoms. The molecule has 2 heteroatoms. The quantitative estimate of drug-likeness (QED) is 0.306. The summed E-state index contributed by atoms with van der Waals surface area (Å²) >= 11 is 0. The Kier molecular flexibility index (Phi) is 9.68. The van der Waals surface area contributed by atoms with Gasteiger partial charge in [0, 0.05) is 6.07 Å². The predicted octanol–water partition coefficient (Wildman–Crippen LogP) is 10.2. The first-order chi connectivity index (χ1) is 16.1. The lowest BCUT2D eigenvalue weighted by molar-refractivity contribution is 0.108. The Morgan fingerprint density at radius 3 is 1.91 bits per heavy atom. The van der Waals surface area contributed by atoms with Gasteiger partial charge in [-0.25, -0.2) is 8.78 Å². The highest BCUT2D eigenvalue weighted by Crippen LogP contribution is 2.49. The second-order valence-corrected chi connectivity index (χ2v) is 12.1. The first-order valence-corrected chi connectivity index (χ1v) is 14.6. The van der Waals surface area contributed by atoms with E-state index in [1.807, 2.05) is 0 Å². The Bertz CT molecular complexity index is 685. The molecule has 0 aliphatic heterocycles. The number of rotatable bonds is 10. The molecular weight excluding hydrogens is 410 g/mol. The van der Waals surface area contributed by atoms with Crippen LogP contribution < -0.4 is 0 Å². The van der Waals surface area contributed by atoms with Crippen LogP contribution in [0.25, 0.3) is 0 Å². The SMILES string of the molecule is CCCCCCCC1CCC(CCC2CCC3CC(c4cc(F)cc(F)c4)CCC3C2)CC1. The van der Waals surface area contributed by atoms with E-state index >= 15 is 0 Å². The summed E-state index contributed by atoms with van der Waals surface area (Å²) in [6, 6.07) is 4.14. The van der Waals surface area contributed by atoms with Crippen LogP contribution in [0, 0.1) is 41.2 Å². The van der Waals surface area contributed by atoms with E-state index in [1.165, 1.54) is 103 Å². The topological polar surface area (TPSA) is 0 Å². The van der Waals surface area contributed by atoms with E-state index in [1.54, 1.807) is 12.1 Å². The van der Waals surface area contributed by atoms with E-state index in [9.17, 15) is 8.78 Å². The van der Waals surface area contributed by atoms with Crippen molar-refractivity contribution >= 4 is 0 Å². The molecule has 4 rings (SSSR count). The standard InChI is InChI=1S/C31H48F2/c1-2-3-4-5-6-7-23-8-10-24(11-9-23)12-13-25-14-15-27-19-28(17-16-26(27)18-25)29-20-30(32)22-31(33)21-29/h20-28H,2-19H2,1H3. The summed E-state index contributed by atoms with van der Waals surface area (Å²) < 4.78 is 27.4. The molecule has 186 valence electrons. The fourth-order valence-electron chi connectivity index (χ4n) is 7.68. The lowest BCUT2D eigenvalue weighted by Crippen LogP contribution is -2.30. The number of hydrogen-bond acceptors (Lipinski definition) is 0. The van der Waals surface area contributed by atoms with Crippen molar-refractivity contribution in [3.05, 3.63) is 35.4 Å². The molecule has 3 saturated carbocycles. The minimum atomic E-state index is -0.420. The molecule has 0 N–H and O–H groups in total. The molecule has 4 unspecified atom stereocenters. The van der Waals surface area contributed by atoms with Crippen LogP contribution in [0.2, 0.25) is 0 Å². The zero-order valence-corrected chi connectivity index (χ0v) is 21.2. The Morgan fingerprint density at radius 1 is 0.606 bits per heavy atom. The van der Waals surface area contributed by atoms with Gasteiger partial charge in [0.2, 0.25) is 0 Å². The van der Waals surface area contributed by atoms with Crippen LogP contribution in [0.1, 0.15) is 134 Å². The molecule has 3 aliphatic carbocycles. The van der Waals surface area contributed by atoms with Crippen LogP contribution in [0.5, 0.6) is 0 Å². The summed E-state index contributed by atoms with van der Waals surface area (Å²) in [6.45, 7) is 2.30. The van der Waals surface area contributed by atoms with Gasteiger partial charge in [-0.05, 0) is 85.3 Å². The van der Waals surface area contributed by atoms with Gasteiger partial charge in [0.05, 0.1) is 0 Å². The molecule has 1 aromatic rings. The molecule has 0 spiro atoms. The fourth-order valence-corrected chi connectivity index (χ4v) is 7.68. The molecule has 0 nitrogen and oxygen atoms in total. The lowest BCUT2D eigenvalue weighted by Gasteiger charge is -2.42. The number of hydrogen-bond donors (Lipinski definition) is 0. The lowest BCUT2D eigenvalue weighted by atomic mass is 9.63. The molecule has 0 saturated heterocycles. The Balaban J connectivity index is 1.13. The molecule has 4 atom stereocenters. The first kappa shape index (κ1) is 25.2. The Morgan fingerprint density at radius 2 is 1.18 bits per heavy atom. The van der Waals surface area contributed by atoms with E-state index in [0.29, 0.717) is 5.92 Å². The molecular formula is C31H48F2. The molecule has 0 amide bonds.